The van der Waals surface area contributed by atoms with Crippen molar-refractivity contribution in [3.63, 3.8) is 0 Å². The number of benzene rings is 3. The Morgan fingerprint density at radius 3 is 2.07 bits per heavy atom. The van der Waals surface area contributed by atoms with Crippen LogP contribution in [0.2, 0.25) is 5.02 Å². The van der Waals surface area contributed by atoms with Gasteiger partial charge in [0.1, 0.15) is 0 Å². The molecule has 3 aromatic rings. The highest BCUT2D eigenvalue weighted by Gasteiger charge is 2.36. The van der Waals surface area contributed by atoms with Gasteiger partial charge in [-0.2, -0.15) is 0 Å². The molecule has 0 unspecified atom stereocenters. The minimum Gasteiger partial charge on any atom is -0.321 e. The highest BCUT2D eigenvalue weighted by atomic mass is 79.9. The fraction of sp³-hybridized carbons (Fsp3) is 0. The molecule has 3 amide bonds. The van der Waals surface area contributed by atoms with Crippen molar-refractivity contribution in [3.8, 4) is 0 Å². The molecule has 0 fully saturated rings. The predicted molar refractivity (Wildman–Crippen MR) is 111 cm³/mol. The van der Waals surface area contributed by atoms with Gasteiger partial charge in [-0.05, 0) is 54.6 Å². The van der Waals surface area contributed by atoms with Gasteiger partial charge in [-0.1, -0.05) is 39.7 Å². The van der Waals surface area contributed by atoms with Crippen LogP contribution in [0.4, 0.5) is 11.4 Å². The van der Waals surface area contributed by atoms with E-state index < -0.39 is 0 Å². The maximum Gasteiger partial charge on any atom is 0.266 e. The van der Waals surface area contributed by atoms with Gasteiger partial charge in [-0.3, -0.25) is 14.4 Å². The lowest BCUT2D eigenvalue weighted by Crippen LogP contribution is -2.29. The van der Waals surface area contributed by atoms with Gasteiger partial charge in [0.2, 0.25) is 0 Å². The van der Waals surface area contributed by atoms with Crippen molar-refractivity contribution in [2.24, 2.45) is 0 Å². The zero-order valence-electron chi connectivity index (χ0n) is 14.3. The van der Waals surface area contributed by atoms with E-state index in [0.717, 1.165) is 9.37 Å². The molecule has 5 nitrogen and oxygen atoms in total. The molecule has 0 spiro atoms. The SMILES string of the molecule is O=C(Nc1ccc(Br)cc1Cl)c1ccc(N2C(=O)c3ccccc3C2=O)cc1. The lowest BCUT2D eigenvalue weighted by atomic mass is 10.1. The molecule has 3 aromatic carbocycles. The second-order valence-electron chi connectivity index (χ2n) is 6.12. The van der Waals surface area contributed by atoms with Crippen LogP contribution in [0.1, 0.15) is 31.1 Å². The molecule has 1 aliphatic rings. The van der Waals surface area contributed by atoms with Gasteiger partial charge in [-0.25, -0.2) is 4.90 Å². The van der Waals surface area contributed by atoms with Crippen LogP contribution in [0.15, 0.2) is 71.2 Å². The monoisotopic (exact) mass is 454 g/mol. The van der Waals surface area contributed by atoms with E-state index in [4.69, 9.17) is 11.6 Å². The summed E-state index contributed by atoms with van der Waals surface area (Å²) in [7, 11) is 0. The summed E-state index contributed by atoms with van der Waals surface area (Å²) in [5.41, 5.74) is 2.02. The Kier molecular flexibility index (Phi) is 4.75. The van der Waals surface area contributed by atoms with Gasteiger partial charge in [-0.15, -0.1) is 0 Å². The molecular formula is C21H12BrClN2O3. The average Bonchev–Trinajstić information content (AvgIpc) is 2.95. The Morgan fingerprint density at radius 1 is 0.893 bits per heavy atom. The van der Waals surface area contributed by atoms with E-state index in [1.165, 1.54) is 0 Å². The van der Waals surface area contributed by atoms with E-state index in [2.05, 4.69) is 21.2 Å². The highest BCUT2D eigenvalue weighted by molar-refractivity contribution is 9.10. The van der Waals surface area contributed by atoms with E-state index in [0.29, 0.717) is 33.1 Å². The number of hydrogen-bond acceptors (Lipinski definition) is 3. The summed E-state index contributed by atoms with van der Waals surface area (Å²) in [6.45, 7) is 0. The second kappa shape index (κ2) is 7.22. The Hall–Kier alpha value is -2.96. The maximum absolute atomic E-state index is 12.5. The summed E-state index contributed by atoms with van der Waals surface area (Å²) in [5, 5.41) is 3.14. The van der Waals surface area contributed by atoms with Crippen molar-refractivity contribution < 1.29 is 14.4 Å². The zero-order valence-corrected chi connectivity index (χ0v) is 16.6. The Morgan fingerprint density at radius 2 is 1.50 bits per heavy atom. The number of rotatable bonds is 3. The van der Waals surface area contributed by atoms with Crippen LogP contribution < -0.4 is 10.2 Å². The van der Waals surface area contributed by atoms with E-state index in [1.54, 1.807) is 66.7 Å². The number of nitrogens with zero attached hydrogens (tertiary/aromatic N) is 1. The predicted octanol–water partition coefficient (Wildman–Crippen LogP) is 5.16. The fourth-order valence-corrected chi connectivity index (χ4v) is 3.69. The number of amides is 3. The molecule has 1 N–H and O–H groups in total. The first-order chi connectivity index (χ1) is 13.5. The number of carbonyl (C=O) groups is 3. The van der Waals surface area contributed by atoms with Crippen LogP contribution in [-0.2, 0) is 0 Å². The van der Waals surface area contributed by atoms with Crippen LogP contribution in [0.25, 0.3) is 0 Å². The topological polar surface area (TPSA) is 66.5 Å². The van der Waals surface area contributed by atoms with Gasteiger partial charge in [0.15, 0.2) is 0 Å². The molecule has 0 radical (unpaired) electrons. The van der Waals surface area contributed by atoms with E-state index in [1.807, 2.05) is 0 Å². The number of halogens is 2. The average molecular weight is 456 g/mol. The number of nitrogens with one attached hydrogen (secondary N) is 1. The number of hydrogen-bond donors (Lipinski definition) is 1. The lowest BCUT2D eigenvalue weighted by molar-refractivity contribution is 0.0925. The van der Waals surface area contributed by atoms with Crippen molar-refractivity contribution in [2.75, 3.05) is 10.2 Å². The molecule has 1 heterocycles. The Labute approximate surface area is 174 Å². The summed E-state index contributed by atoms with van der Waals surface area (Å²) >= 11 is 9.43. The van der Waals surface area contributed by atoms with Crippen LogP contribution in [0.3, 0.4) is 0 Å². The van der Waals surface area contributed by atoms with Gasteiger partial charge in [0.05, 0.1) is 27.5 Å². The molecule has 7 heteroatoms. The van der Waals surface area contributed by atoms with Gasteiger partial charge in [0.25, 0.3) is 17.7 Å². The van der Waals surface area contributed by atoms with Crippen molar-refractivity contribution in [1.82, 2.24) is 0 Å². The van der Waals surface area contributed by atoms with Gasteiger partial charge < -0.3 is 5.32 Å². The van der Waals surface area contributed by atoms with Crippen LogP contribution >= 0.6 is 27.5 Å². The Balaban J connectivity index is 1.55. The first-order valence-corrected chi connectivity index (χ1v) is 9.47. The molecule has 0 aromatic heterocycles. The van der Waals surface area contributed by atoms with Crippen molar-refractivity contribution in [3.05, 3.63) is 92.9 Å². The molecule has 0 saturated heterocycles. The standard InChI is InChI=1S/C21H12BrClN2O3/c22-13-7-10-18(17(23)11-13)24-19(26)12-5-8-14(9-6-12)25-20(27)15-3-1-2-4-16(15)21(25)28/h1-11H,(H,24,26). The zero-order chi connectivity index (χ0) is 19.8. The van der Waals surface area contributed by atoms with Crippen LogP contribution in [-0.4, -0.2) is 17.7 Å². The van der Waals surface area contributed by atoms with Crippen molar-refractivity contribution >= 4 is 56.6 Å². The number of imide groups is 1. The molecule has 28 heavy (non-hydrogen) atoms. The molecule has 0 aliphatic carbocycles. The normalized spacial score (nSPS) is 12.9. The molecular weight excluding hydrogens is 444 g/mol. The molecule has 4 rings (SSSR count). The second-order valence-corrected chi connectivity index (χ2v) is 7.44. The third-order valence-electron chi connectivity index (χ3n) is 4.36. The van der Waals surface area contributed by atoms with Crippen molar-refractivity contribution in [2.45, 2.75) is 0 Å². The fourth-order valence-electron chi connectivity index (χ4n) is 2.97. The van der Waals surface area contributed by atoms with Crippen LogP contribution in [0.5, 0.6) is 0 Å². The first-order valence-electron chi connectivity index (χ1n) is 8.30. The highest BCUT2D eigenvalue weighted by Crippen LogP contribution is 2.29. The van der Waals surface area contributed by atoms with E-state index in [-0.39, 0.29) is 17.7 Å². The van der Waals surface area contributed by atoms with Gasteiger partial charge in [0, 0.05) is 10.0 Å². The molecule has 138 valence electrons. The quantitative estimate of drug-likeness (QED) is 0.555. The number of anilines is 2. The Bertz CT molecular complexity index is 1090. The smallest absolute Gasteiger partial charge is 0.266 e. The third kappa shape index (κ3) is 3.21. The number of carbonyl (C=O) groups excluding carboxylic acids is 3. The first kappa shape index (κ1) is 18.4. The minimum absolute atomic E-state index is 0.349. The van der Waals surface area contributed by atoms with E-state index >= 15 is 0 Å². The van der Waals surface area contributed by atoms with Crippen LogP contribution in [0, 0.1) is 0 Å². The summed E-state index contributed by atoms with van der Waals surface area (Å²) < 4.78 is 0.806. The summed E-state index contributed by atoms with van der Waals surface area (Å²) in [4.78, 5) is 38.7. The largest absolute Gasteiger partial charge is 0.321 e. The van der Waals surface area contributed by atoms with E-state index in [9.17, 15) is 14.4 Å². The summed E-state index contributed by atoms with van der Waals surface area (Å²) in [6, 6.07) is 18.1. The molecule has 0 bridgehead atoms. The maximum atomic E-state index is 12.5. The molecule has 0 saturated carbocycles. The van der Waals surface area contributed by atoms with Gasteiger partial charge >= 0.3 is 0 Å². The molecule has 1 aliphatic heterocycles. The van der Waals surface area contributed by atoms with Crippen molar-refractivity contribution in [1.29, 1.82) is 0 Å². The summed E-state index contributed by atoms with van der Waals surface area (Å²) in [5.74, 6) is -1.10. The summed E-state index contributed by atoms with van der Waals surface area (Å²) in [6.07, 6.45) is 0. The third-order valence-corrected chi connectivity index (χ3v) is 5.17. The lowest BCUT2D eigenvalue weighted by Gasteiger charge is -2.14. The molecule has 0 atom stereocenters. The minimum atomic E-state index is -0.376. The number of fused-ring (bicyclic) bond motifs is 1.